The SMILES string of the molecule is CC(C)(F)c1cc2c(c(-c3cc(C(=O)O)on3)c1)OCCO2. The van der Waals surface area contributed by atoms with E-state index < -0.39 is 11.6 Å². The van der Waals surface area contributed by atoms with Gasteiger partial charge in [0.05, 0.1) is 5.56 Å². The Balaban J connectivity index is 2.17. The lowest BCUT2D eigenvalue weighted by atomic mass is 9.95. The molecule has 6 nitrogen and oxygen atoms in total. The van der Waals surface area contributed by atoms with E-state index in [1.54, 1.807) is 12.1 Å². The average molecular weight is 307 g/mol. The molecule has 0 atom stereocenters. The van der Waals surface area contributed by atoms with Gasteiger partial charge in [0.2, 0.25) is 5.76 Å². The predicted octanol–water partition coefficient (Wildman–Crippen LogP) is 3.02. The van der Waals surface area contributed by atoms with E-state index in [0.717, 1.165) is 0 Å². The van der Waals surface area contributed by atoms with Crippen LogP contribution in [0.2, 0.25) is 0 Å². The minimum atomic E-state index is -1.59. The first-order chi connectivity index (χ1) is 10.4. The summed E-state index contributed by atoms with van der Waals surface area (Å²) in [5, 5.41) is 12.6. The molecule has 1 aromatic carbocycles. The zero-order chi connectivity index (χ0) is 15.9. The molecule has 7 heteroatoms. The van der Waals surface area contributed by atoms with Crippen LogP contribution in [0.15, 0.2) is 22.7 Å². The first-order valence-corrected chi connectivity index (χ1v) is 6.69. The van der Waals surface area contributed by atoms with Gasteiger partial charge in [-0.1, -0.05) is 5.16 Å². The summed E-state index contributed by atoms with van der Waals surface area (Å²) < 4.78 is 30.1. The Morgan fingerprint density at radius 1 is 1.27 bits per heavy atom. The Kier molecular flexibility index (Phi) is 3.27. The smallest absolute Gasteiger partial charge is 0.374 e. The van der Waals surface area contributed by atoms with Gasteiger partial charge in [-0.2, -0.15) is 0 Å². The summed E-state index contributed by atoms with van der Waals surface area (Å²) >= 11 is 0. The van der Waals surface area contributed by atoms with E-state index in [1.165, 1.54) is 19.9 Å². The van der Waals surface area contributed by atoms with Gasteiger partial charge in [-0.3, -0.25) is 0 Å². The van der Waals surface area contributed by atoms with Crippen LogP contribution < -0.4 is 9.47 Å². The van der Waals surface area contributed by atoms with Gasteiger partial charge in [-0.25, -0.2) is 9.18 Å². The highest BCUT2D eigenvalue weighted by Crippen LogP contribution is 2.43. The van der Waals surface area contributed by atoms with E-state index in [4.69, 9.17) is 19.1 Å². The van der Waals surface area contributed by atoms with E-state index in [-0.39, 0.29) is 11.5 Å². The van der Waals surface area contributed by atoms with Gasteiger partial charge in [0.25, 0.3) is 0 Å². The molecule has 0 amide bonds. The fourth-order valence-electron chi connectivity index (χ4n) is 2.19. The van der Waals surface area contributed by atoms with Crippen LogP contribution in [-0.2, 0) is 5.67 Å². The van der Waals surface area contributed by atoms with Gasteiger partial charge in [0.15, 0.2) is 11.5 Å². The number of hydrogen-bond acceptors (Lipinski definition) is 5. The summed E-state index contributed by atoms with van der Waals surface area (Å²) in [6.45, 7) is 3.56. The number of carbonyl (C=O) groups is 1. The lowest BCUT2D eigenvalue weighted by Crippen LogP contribution is -2.18. The highest BCUT2D eigenvalue weighted by Gasteiger charge is 2.27. The molecular formula is C15H14FNO5. The number of alkyl halides is 1. The molecule has 2 aromatic rings. The lowest BCUT2D eigenvalue weighted by molar-refractivity contribution is 0.0652. The minimum absolute atomic E-state index is 0.255. The molecule has 1 aliphatic heterocycles. The fraction of sp³-hybridized carbons (Fsp3) is 0.333. The number of fused-ring (bicyclic) bond motifs is 1. The second-order valence-corrected chi connectivity index (χ2v) is 5.40. The maximum absolute atomic E-state index is 14.3. The number of benzene rings is 1. The molecule has 22 heavy (non-hydrogen) atoms. The predicted molar refractivity (Wildman–Crippen MR) is 74.0 cm³/mol. The van der Waals surface area contributed by atoms with Crippen molar-refractivity contribution in [2.24, 2.45) is 0 Å². The molecule has 3 rings (SSSR count). The number of aromatic nitrogens is 1. The molecule has 0 bridgehead atoms. The first kappa shape index (κ1) is 14.4. The van der Waals surface area contributed by atoms with Crippen molar-refractivity contribution in [1.29, 1.82) is 0 Å². The number of aromatic carboxylic acids is 1. The van der Waals surface area contributed by atoms with Crippen LogP contribution in [-0.4, -0.2) is 29.4 Å². The quantitative estimate of drug-likeness (QED) is 0.938. The number of halogens is 1. The molecule has 1 aliphatic rings. The molecule has 116 valence electrons. The molecule has 0 radical (unpaired) electrons. The van der Waals surface area contributed by atoms with Crippen molar-refractivity contribution in [1.82, 2.24) is 5.16 Å². The van der Waals surface area contributed by atoms with Gasteiger partial charge in [-0.15, -0.1) is 0 Å². The van der Waals surface area contributed by atoms with Gasteiger partial charge in [-0.05, 0) is 31.5 Å². The van der Waals surface area contributed by atoms with Crippen LogP contribution in [0.25, 0.3) is 11.3 Å². The summed E-state index contributed by atoms with van der Waals surface area (Å²) in [6, 6.07) is 4.41. The van der Waals surface area contributed by atoms with Gasteiger partial charge >= 0.3 is 5.97 Å². The number of ether oxygens (including phenoxy) is 2. The number of nitrogens with zero attached hydrogens (tertiary/aromatic N) is 1. The maximum Gasteiger partial charge on any atom is 0.374 e. The van der Waals surface area contributed by atoms with Crippen LogP contribution in [0, 0.1) is 0 Å². The highest BCUT2D eigenvalue weighted by atomic mass is 19.1. The Morgan fingerprint density at radius 2 is 2.00 bits per heavy atom. The second kappa shape index (κ2) is 5.01. The average Bonchev–Trinajstić information content (AvgIpc) is 2.95. The van der Waals surface area contributed by atoms with Crippen molar-refractivity contribution in [2.45, 2.75) is 19.5 Å². The Morgan fingerprint density at radius 3 is 2.64 bits per heavy atom. The van der Waals surface area contributed by atoms with Crippen molar-refractivity contribution in [3.05, 3.63) is 29.5 Å². The van der Waals surface area contributed by atoms with Crippen molar-refractivity contribution < 1.29 is 28.3 Å². The molecule has 0 saturated heterocycles. The molecule has 0 aliphatic carbocycles. The van der Waals surface area contributed by atoms with Crippen LogP contribution in [0.4, 0.5) is 4.39 Å². The Bertz CT molecular complexity index is 732. The zero-order valence-corrected chi connectivity index (χ0v) is 12.1. The third-order valence-corrected chi connectivity index (χ3v) is 3.33. The van der Waals surface area contributed by atoms with Crippen LogP contribution >= 0.6 is 0 Å². The summed E-state index contributed by atoms with van der Waals surface area (Å²) in [5.41, 5.74) is -0.518. The third kappa shape index (κ3) is 2.49. The number of hydrogen-bond donors (Lipinski definition) is 1. The van der Waals surface area contributed by atoms with E-state index in [0.29, 0.717) is 35.8 Å². The Labute approximate surface area is 125 Å². The summed E-state index contributed by atoms with van der Waals surface area (Å²) in [5.74, 6) is -0.717. The fourth-order valence-corrected chi connectivity index (χ4v) is 2.19. The monoisotopic (exact) mass is 307 g/mol. The summed E-state index contributed by atoms with van der Waals surface area (Å²) in [7, 11) is 0. The standard InChI is InChI=1S/C15H14FNO5/c1-15(2,16)8-5-9(10-7-12(14(18)19)22-17-10)13-11(6-8)20-3-4-21-13/h5-7H,3-4H2,1-2H3,(H,18,19). The van der Waals surface area contributed by atoms with Crippen LogP contribution in [0.1, 0.15) is 30.0 Å². The van der Waals surface area contributed by atoms with E-state index >= 15 is 0 Å². The largest absolute Gasteiger partial charge is 0.486 e. The number of carboxylic acid groups (broad SMARTS) is 1. The molecule has 0 spiro atoms. The minimum Gasteiger partial charge on any atom is -0.486 e. The third-order valence-electron chi connectivity index (χ3n) is 3.33. The van der Waals surface area contributed by atoms with Crippen LogP contribution in [0.5, 0.6) is 11.5 Å². The normalized spacial score (nSPS) is 14.0. The molecule has 0 saturated carbocycles. The first-order valence-electron chi connectivity index (χ1n) is 6.69. The summed E-state index contributed by atoms with van der Waals surface area (Å²) in [6.07, 6.45) is 0. The molecule has 0 fully saturated rings. The van der Waals surface area contributed by atoms with Crippen molar-refractivity contribution in [2.75, 3.05) is 13.2 Å². The molecule has 1 N–H and O–H groups in total. The molecular weight excluding hydrogens is 293 g/mol. The van der Waals surface area contributed by atoms with Crippen molar-refractivity contribution in [3.8, 4) is 22.8 Å². The van der Waals surface area contributed by atoms with Crippen molar-refractivity contribution in [3.63, 3.8) is 0 Å². The number of carboxylic acids is 1. The molecule has 0 unspecified atom stereocenters. The van der Waals surface area contributed by atoms with E-state index in [9.17, 15) is 9.18 Å². The van der Waals surface area contributed by atoms with Crippen molar-refractivity contribution >= 4 is 5.97 Å². The maximum atomic E-state index is 14.3. The van der Waals surface area contributed by atoms with Gasteiger partial charge in [0, 0.05) is 6.07 Å². The van der Waals surface area contributed by atoms with E-state index in [1.807, 2.05) is 0 Å². The Hall–Kier alpha value is -2.57. The van der Waals surface area contributed by atoms with Crippen LogP contribution in [0.3, 0.4) is 0 Å². The zero-order valence-electron chi connectivity index (χ0n) is 12.1. The lowest BCUT2D eigenvalue weighted by Gasteiger charge is -2.24. The van der Waals surface area contributed by atoms with E-state index in [2.05, 4.69) is 5.16 Å². The second-order valence-electron chi connectivity index (χ2n) is 5.40. The summed E-state index contributed by atoms with van der Waals surface area (Å²) in [4.78, 5) is 10.9. The van der Waals surface area contributed by atoms with Gasteiger partial charge < -0.3 is 19.1 Å². The number of rotatable bonds is 3. The molecule has 1 aromatic heterocycles. The van der Waals surface area contributed by atoms with Gasteiger partial charge in [0.1, 0.15) is 24.6 Å². The topological polar surface area (TPSA) is 81.8 Å². The highest BCUT2D eigenvalue weighted by molar-refractivity contribution is 5.86. The molecule has 2 heterocycles.